The van der Waals surface area contributed by atoms with Gasteiger partial charge in [0, 0.05) is 16.3 Å². The third-order valence-corrected chi connectivity index (χ3v) is 7.13. The predicted octanol–water partition coefficient (Wildman–Crippen LogP) is 6.92. The van der Waals surface area contributed by atoms with Crippen LogP contribution in [0.1, 0.15) is 28.8 Å². The van der Waals surface area contributed by atoms with Gasteiger partial charge in [-0.15, -0.1) is 11.3 Å². The molecule has 2 amide bonds. The van der Waals surface area contributed by atoms with E-state index in [1.54, 1.807) is 23.7 Å². The zero-order valence-electron chi connectivity index (χ0n) is 17.5. The summed E-state index contributed by atoms with van der Waals surface area (Å²) in [5.74, 6) is 0.835. The summed E-state index contributed by atoms with van der Waals surface area (Å²) in [6.45, 7) is 1.90. The van der Waals surface area contributed by atoms with Crippen LogP contribution in [0.2, 0.25) is 5.02 Å². The minimum absolute atomic E-state index is 0.343. The van der Waals surface area contributed by atoms with E-state index in [0.717, 1.165) is 40.1 Å². The van der Waals surface area contributed by atoms with Crippen LogP contribution in [0, 0.1) is 6.92 Å². The number of carbonyl (C=O) groups excluding carboxylic acids is 1. The molecule has 0 fully saturated rings. The van der Waals surface area contributed by atoms with E-state index < -0.39 is 0 Å². The highest BCUT2D eigenvalue weighted by Crippen LogP contribution is 2.38. The summed E-state index contributed by atoms with van der Waals surface area (Å²) in [6.07, 6.45) is 6.28. The second-order valence-electron chi connectivity index (χ2n) is 7.83. The van der Waals surface area contributed by atoms with Gasteiger partial charge in [-0.25, -0.2) is 14.8 Å². The number of nitrogens with one attached hydrogen (secondary N) is 3. The number of hydrogen-bond donors (Lipinski definition) is 3. The van der Waals surface area contributed by atoms with Gasteiger partial charge in [0.25, 0.3) is 0 Å². The number of halogens is 1. The standard InChI is InChI=1S/C24H22ClN5OS/c1-14-5-4-7-18(25)21(14)30-24(31)29-16-11-9-15(10-12-16)28-22-20-17-6-2-3-8-19(17)32-23(20)27-13-26-22/h4-5,7,9-13H,2-3,6,8H2,1H3,(H,26,27,28)(H2,29,30,31). The Labute approximate surface area is 195 Å². The van der Waals surface area contributed by atoms with Crippen molar-refractivity contribution in [3.8, 4) is 0 Å². The Morgan fingerprint density at radius 1 is 1.00 bits per heavy atom. The number of carbonyl (C=O) groups is 1. The van der Waals surface area contributed by atoms with Gasteiger partial charge in [-0.1, -0.05) is 23.7 Å². The van der Waals surface area contributed by atoms with Crippen LogP contribution in [0.25, 0.3) is 10.2 Å². The molecule has 3 N–H and O–H groups in total. The minimum atomic E-state index is -0.343. The SMILES string of the molecule is Cc1cccc(Cl)c1NC(=O)Nc1ccc(Nc2ncnc3sc4c(c23)CCCC4)cc1. The molecular formula is C24H22ClN5OS. The van der Waals surface area contributed by atoms with Crippen LogP contribution in [-0.4, -0.2) is 16.0 Å². The molecule has 2 heterocycles. The predicted molar refractivity (Wildman–Crippen MR) is 133 cm³/mol. The number of rotatable bonds is 4. The number of nitrogens with zero attached hydrogens (tertiary/aromatic N) is 2. The van der Waals surface area contributed by atoms with Gasteiger partial charge < -0.3 is 16.0 Å². The van der Waals surface area contributed by atoms with Gasteiger partial charge in [0.05, 0.1) is 16.1 Å². The molecule has 1 aliphatic rings. The van der Waals surface area contributed by atoms with Crippen LogP contribution in [0.5, 0.6) is 0 Å². The smallest absolute Gasteiger partial charge is 0.323 e. The minimum Gasteiger partial charge on any atom is -0.340 e. The fourth-order valence-corrected chi connectivity index (χ4v) is 5.52. The maximum absolute atomic E-state index is 12.4. The van der Waals surface area contributed by atoms with Gasteiger partial charge in [0.15, 0.2) is 0 Å². The summed E-state index contributed by atoms with van der Waals surface area (Å²) in [7, 11) is 0. The Balaban J connectivity index is 1.30. The number of aryl methyl sites for hydroxylation is 3. The molecule has 0 radical (unpaired) electrons. The number of para-hydroxylation sites is 1. The molecule has 162 valence electrons. The normalized spacial score (nSPS) is 12.9. The van der Waals surface area contributed by atoms with Crippen LogP contribution in [0.4, 0.5) is 27.7 Å². The number of anilines is 4. The van der Waals surface area contributed by atoms with Crippen molar-refractivity contribution < 1.29 is 4.79 Å². The number of aromatic nitrogens is 2. The molecule has 4 aromatic rings. The van der Waals surface area contributed by atoms with Crippen molar-refractivity contribution in [2.24, 2.45) is 0 Å². The Hall–Kier alpha value is -3.16. The number of thiophene rings is 1. The number of amides is 2. The highest BCUT2D eigenvalue weighted by Gasteiger charge is 2.20. The second-order valence-corrected chi connectivity index (χ2v) is 9.32. The van der Waals surface area contributed by atoms with E-state index >= 15 is 0 Å². The Bertz CT molecular complexity index is 1280. The fraction of sp³-hybridized carbons (Fsp3) is 0.208. The van der Waals surface area contributed by atoms with Crippen molar-refractivity contribution in [2.45, 2.75) is 32.6 Å². The van der Waals surface area contributed by atoms with Crippen molar-refractivity contribution in [3.05, 3.63) is 69.8 Å². The Morgan fingerprint density at radius 2 is 1.78 bits per heavy atom. The van der Waals surface area contributed by atoms with E-state index in [9.17, 15) is 4.79 Å². The average Bonchev–Trinajstić information content (AvgIpc) is 3.17. The maximum Gasteiger partial charge on any atom is 0.323 e. The molecule has 0 atom stereocenters. The summed E-state index contributed by atoms with van der Waals surface area (Å²) in [5, 5.41) is 10.7. The summed E-state index contributed by atoms with van der Waals surface area (Å²) in [4.78, 5) is 23.9. The molecule has 0 saturated carbocycles. The lowest BCUT2D eigenvalue weighted by molar-refractivity contribution is 0.262. The van der Waals surface area contributed by atoms with E-state index in [2.05, 4.69) is 25.9 Å². The number of hydrogen-bond acceptors (Lipinski definition) is 5. The van der Waals surface area contributed by atoms with Crippen LogP contribution in [-0.2, 0) is 12.8 Å². The van der Waals surface area contributed by atoms with Gasteiger partial charge in [-0.2, -0.15) is 0 Å². The molecule has 5 rings (SSSR count). The number of fused-ring (bicyclic) bond motifs is 3. The lowest BCUT2D eigenvalue weighted by Gasteiger charge is -2.13. The van der Waals surface area contributed by atoms with Crippen LogP contribution < -0.4 is 16.0 Å². The quantitative estimate of drug-likeness (QED) is 0.307. The highest BCUT2D eigenvalue weighted by atomic mass is 35.5. The molecule has 0 aliphatic heterocycles. The summed E-state index contributed by atoms with van der Waals surface area (Å²) in [6, 6.07) is 12.7. The molecule has 0 saturated heterocycles. The Kier molecular flexibility index (Phi) is 5.68. The second kappa shape index (κ2) is 8.76. The van der Waals surface area contributed by atoms with Crippen molar-refractivity contribution in [2.75, 3.05) is 16.0 Å². The molecule has 2 aromatic carbocycles. The summed E-state index contributed by atoms with van der Waals surface area (Å²) in [5.41, 5.74) is 4.48. The third kappa shape index (κ3) is 4.13. The molecule has 6 nitrogen and oxygen atoms in total. The lowest BCUT2D eigenvalue weighted by Crippen LogP contribution is -2.20. The topological polar surface area (TPSA) is 78.9 Å². The first-order chi connectivity index (χ1) is 15.6. The fourth-order valence-electron chi connectivity index (χ4n) is 4.02. The van der Waals surface area contributed by atoms with Gasteiger partial charge in [-0.05, 0) is 74.1 Å². The van der Waals surface area contributed by atoms with E-state index in [-0.39, 0.29) is 6.03 Å². The van der Waals surface area contributed by atoms with Crippen LogP contribution >= 0.6 is 22.9 Å². The molecular weight excluding hydrogens is 442 g/mol. The summed E-state index contributed by atoms with van der Waals surface area (Å²) < 4.78 is 0. The highest BCUT2D eigenvalue weighted by molar-refractivity contribution is 7.19. The number of urea groups is 1. The van der Waals surface area contributed by atoms with E-state index in [1.807, 2.05) is 43.3 Å². The van der Waals surface area contributed by atoms with E-state index in [0.29, 0.717) is 16.4 Å². The lowest BCUT2D eigenvalue weighted by atomic mass is 9.97. The van der Waals surface area contributed by atoms with Crippen molar-refractivity contribution in [1.29, 1.82) is 0 Å². The molecule has 0 bridgehead atoms. The molecule has 8 heteroatoms. The first kappa shape index (κ1) is 20.7. The average molecular weight is 464 g/mol. The van der Waals surface area contributed by atoms with Gasteiger partial charge >= 0.3 is 6.03 Å². The van der Waals surface area contributed by atoms with E-state index in [1.165, 1.54) is 23.3 Å². The van der Waals surface area contributed by atoms with Gasteiger partial charge in [-0.3, -0.25) is 0 Å². The van der Waals surface area contributed by atoms with Crippen molar-refractivity contribution in [1.82, 2.24) is 9.97 Å². The monoisotopic (exact) mass is 463 g/mol. The van der Waals surface area contributed by atoms with Gasteiger partial charge in [0.1, 0.15) is 17.0 Å². The first-order valence-corrected chi connectivity index (χ1v) is 11.7. The van der Waals surface area contributed by atoms with Crippen molar-refractivity contribution in [3.63, 3.8) is 0 Å². The molecule has 32 heavy (non-hydrogen) atoms. The van der Waals surface area contributed by atoms with Crippen LogP contribution in [0.15, 0.2) is 48.8 Å². The largest absolute Gasteiger partial charge is 0.340 e. The third-order valence-electron chi connectivity index (χ3n) is 5.62. The number of benzene rings is 2. The molecule has 1 aliphatic carbocycles. The zero-order valence-corrected chi connectivity index (χ0v) is 19.1. The molecule has 2 aromatic heterocycles. The Morgan fingerprint density at radius 3 is 2.59 bits per heavy atom. The maximum atomic E-state index is 12.4. The summed E-state index contributed by atoms with van der Waals surface area (Å²) >= 11 is 7.97. The molecule has 0 spiro atoms. The van der Waals surface area contributed by atoms with Gasteiger partial charge in [0.2, 0.25) is 0 Å². The van der Waals surface area contributed by atoms with Crippen molar-refractivity contribution >= 4 is 62.1 Å². The van der Waals surface area contributed by atoms with E-state index in [4.69, 9.17) is 11.6 Å². The van der Waals surface area contributed by atoms with Crippen LogP contribution in [0.3, 0.4) is 0 Å². The first-order valence-electron chi connectivity index (χ1n) is 10.5. The molecule has 0 unspecified atom stereocenters. The zero-order chi connectivity index (χ0) is 22.1.